The molecule has 0 saturated heterocycles. The summed E-state index contributed by atoms with van der Waals surface area (Å²) in [6.07, 6.45) is 0.733. The van der Waals surface area contributed by atoms with Crippen molar-refractivity contribution in [2.75, 3.05) is 6.61 Å². The molecule has 0 saturated carbocycles. The van der Waals surface area contributed by atoms with Gasteiger partial charge in [0.2, 0.25) is 0 Å². The van der Waals surface area contributed by atoms with Crippen LogP contribution in [0.3, 0.4) is 0 Å². The zero-order valence-electron chi connectivity index (χ0n) is 13.0. The lowest BCUT2D eigenvalue weighted by atomic mass is 10.1. The van der Waals surface area contributed by atoms with Crippen molar-refractivity contribution in [3.8, 4) is 0 Å². The Balaban J connectivity index is 2.32. The van der Waals surface area contributed by atoms with Crippen molar-refractivity contribution in [3.05, 3.63) is 35.4 Å². The summed E-state index contributed by atoms with van der Waals surface area (Å²) in [5.74, 6) is -0.157. The van der Waals surface area contributed by atoms with Crippen molar-refractivity contribution in [1.29, 1.82) is 0 Å². The first kappa shape index (κ1) is 15.8. The van der Waals surface area contributed by atoms with E-state index in [1.165, 1.54) is 17.3 Å². The van der Waals surface area contributed by atoms with Gasteiger partial charge in [-0.1, -0.05) is 30.8 Å². The van der Waals surface area contributed by atoms with E-state index in [2.05, 4.69) is 31.2 Å². The minimum atomic E-state index is -0.196. The first-order valence-electron chi connectivity index (χ1n) is 7.26. The normalized spacial score (nSPS) is 12.4. The highest BCUT2D eigenvalue weighted by atomic mass is 32.2. The average Bonchev–Trinajstić information content (AvgIpc) is 2.45. The maximum absolute atomic E-state index is 11.9. The number of esters is 1. The van der Waals surface area contributed by atoms with Gasteiger partial charge in [0.1, 0.15) is 10.3 Å². The van der Waals surface area contributed by atoms with E-state index in [-0.39, 0.29) is 11.2 Å². The number of carbonyl (C=O) groups is 1. The number of pyridine rings is 1. The predicted molar refractivity (Wildman–Crippen MR) is 87.8 cm³/mol. The van der Waals surface area contributed by atoms with Crippen molar-refractivity contribution < 1.29 is 9.53 Å². The molecule has 0 radical (unpaired) electrons. The topological polar surface area (TPSA) is 39.2 Å². The Morgan fingerprint density at radius 3 is 2.71 bits per heavy atom. The molecule has 2 aromatic rings. The van der Waals surface area contributed by atoms with Gasteiger partial charge < -0.3 is 4.74 Å². The second kappa shape index (κ2) is 6.94. The highest BCUT2D eigenvalue weighted by Crippen LogP contribution is 2.30. The Bertz CT molecular complexity index is 655. The van der Waals surface area contributed by atoms with Crippen LogP contribution >= 0.6 is 11.8 Å². The first-order valence-corrected chi connectivity index (χ1v) is 8.14. The molecule has 21 heavy (non-hydrogen) atoms. The fraction of sp³-hybridized carbons (Fsp3) is 0.412. The molecule has 0 unspecified atom stereocenters. The van der Waals surface area contributed by atoms with Crippen molar-refractivity contribution in [2.45, 2.75) is 44.4 Å². The van der Waals surface area contributed by atoms with Gasteiger partial charge in [0.05, 0.1) is 12.1 Å². The molecule has 1 aromatic carbocycles. The highest BCUT2D eigenvalue weighted by Gasteiger charge is 2.20. The quantitative estimate of drug-likeness (QED) is 0.610. The van der Waals surface area contributed by atoms with E-state index in [4.69, 9.17) is 9.72 Å². The summed E-state index contributed by atoms with van der Waals surface area (Å²) in [4.78, 5) is 16.7. The third-order valence-corrected chi connectivity index (χ3v) is 4.74. The van der Waals surface area contributed by atoms with Crippen LogP contribution in [-0.2, 0) is 9.53 Å². The average molecular weight is 303 g/mol. The number of carbonyl (C=O) groups excluding carboxylic acids is 1. The van der Waals surface area contributed by atoms with E-state index < -0.39 is 0 Å². The van der Waals surface area contributed by atoms with Crippen LogP contribution in [-0.4, -0.2) is 22.8 Å². The molecular weight excluding hydrogens is 282 g/mol. The molecule has 0 bridgehead atoms. The number of hydrogen-bond acceptors (Lipinski definition) is 4. The number of hydrogen-bond donors (Lipinski definition) is 0. The van der Waals surface area contributed by atoms with E-state index in [0.717, 1.165) is 27.9 Å². The minimum absolute atomic E-state index is 0.157. The molecule has 2 rings (SSSR count). The van der Waals surface area contributed by atoms with Crippen LogP contribution in [0.1, 0.15) is 31.4 Å². The Kier molecular flexibility index (Phi) is 5.23. The van der Waals surface area contributed by atoms with Gasteiger partial charge >= 0.3 is 5.97 Å². The number of aromatic nitrogens is 1. The molecule has 0 aliphatic rings. The standard InChI is InChI=1S/C17H21NO2S/c1-5-15(17(19)20-6-2)21-16-12(4)10-13-8-7-11(3)9-14(13)18-16/h7-10,15H,5-6H2,1-4H3/t15-/m0/s1. The van der Waals surface area contributed by atoms with Gasteiger partial charge in [-0.05, 0) is 50.5 Å². The Morgan fingerprint density at radius 1 is 1.29 bits per heavy atom. The van der Waals surface area contributed by atoms with Gasteiger partial charge in [0.25, 0.3) is 0 Å². The van der Waals surface area contributed by atoms with E-state index in [9.17, 15) is 4.79 Å². The summed E-state index contributed by atoms with van der Waals surface area (Å²) in [7, 11) is 0. The minimum Gasteiger partial charge on any atom is -0.465 e. The van der Waals surface area contributed by atoms with Crippen LogP contribution in [0.2, 0.25) is 0 Å². The predicted octanol–water partition coefficient (Wildman–Crippen LogP) is 4.29. The molecule has 0 spiro atoms. The number of ether oxygens (including phenoxy) is 1. The van der Waals surface area contributed by atoms with Crippen LogP contribution in [0.25, 0.3) is 10.9 Å². The number of aryl methyl sites for hydroxylation is 2. The maximum atomic E-state index is 11.9. The molecule has 0 N–H and O–H groups in total. The zero-order valence-corrected chi connectivity index (χ0v) is 13.8. The largest absolute Gasteiger partial charge is 0.465 e. The monoisotopic (exact) mass is 303 g/mol. The molecular formula is C17H21NO2S. The van der Waals surface area contributed by atoms with Crippen molar-refractivity contribution >= 4 is 28.6 Å². The Hall–Kier alpha value is -1.55. The molecule has 4 heteroatoms. The Morgan fingerprint density at radius 2 is 2.05 bits per heavy atom. The fourth-order valence-corrected chi connectivity index (χ4v) is 3.15. The third kappa shape index (κ3) is 3.76. The molecule has 0 fully saturated rings. The van der Waals surface area contributed by atoms with Crippen molar-refractivity contribution in [3.63, 3.8) is 0 Å². The summed E-state index contributed by atoms with van der Waals surface area (Å²) >= 11 is 1.50. The molecule has 1 heterocycles. The summed E-state index contributed by atoms with van der Waals surface area (Å²) in [5, 5.41) is 1.85. The number of nitrogens with zero attached hydrogens (tertiary/aromatic N) is 1. The van der Waals surface area contributed by atoms with E-state index in [1.54, 1.807) is 0 Å². The van der Waals surface area contributed by atoms with Gasteiger partial charge in [-0.3, -0.25) is 4.79 Å². The molecule has 0 aliphatic carbocycles. The van der Waals surface area contributed by atoms with Crippen molar-refractivity contribution in [2.24, 2.45) is 0 Å². The van der Waals surface area contributed by atoms with Crippen LogP contribution < -0.4 is 0 Å². The molecule has 3 nitrogen and oxygen atoms in total. The van der Waals surface area contributed by atoms with Gasteiger partial charge in [-0.25, -0.2) is 4.98 Å². The lowest BCUT2D eigenvalue weighted by Crippen LogP contribution is -2.19. The smallest absolute Gasteiger partial charge is 0.319 e. The summed E-state index contributed by atoms with van der Waals surface area (Å²) in [6.45, 7) is 8.33. The van der Waals surface area contributed by atoms with E-state index >= 15 is 0 Å². The SMILES string of the molecule is CCOC(=O)[C@H](CC)Sc1nc2cc(C)ccc2cc1C. The van der Waals surface area contributed by atoms with Crippen molar-refractivity contribution in [1.82, 2.24) is 4.98 Å². The summed E-state index contributed by atoms with van der Waals surface area (Å²) < 4.78 is 5.13. The summed E-state index contributed by atoms with van der Waals surface area (Å²) in [6, 6.07) is 8.37. The van der Waals surface area contributed by atoms with Gasteiger partial charge in [-0.2, -0.15) is 0 Å². The van der Waals surface area contributed by atoms with Crippen LogP contribution in [0.15, 0.2) is 29.3 Å². The molecule has 0 amide bonds. The van der Waals surface area contributed by atoms with Crippen LogP contribution in [0.5, 0.6) is 0 Å². The molecule has 1 atom stereocenters. The first-order chi connectivity index (χ1) is 10.0. The maximum Gasteiger partial charge on any atom is 0.319 e. The molecule has 0 aliphatic heterocycles. The lowest BCUT2D eigenvalue weighted by molar-refractivity contribution is -0.142. The second-order valence-corrected chi connectivity index (χ2v) is 6.26. The van der Waals surface area contributed by atoms with E-state index in [0.29, 0.717) is 6.61 Å². The van der Waals surface area contributed by atoms with Crippen LogP contribution in [0.4, 0.5) is 0 Å². The number of benzene rings is 1. The zero-order chi connectivity index (χ0) is 15.4. The summed E-state index contributed by atoms with van der Waals surface area (Å²) in [5.41, 5.74) is 3.26. The fourth-order valence-electron chi connectivity index (χ4n) is 2.15. The number of rotatable bonds is 5. The van der Waals surface area contributed by atoms with Crippen LogP contribution in [0, 0.1) is 13.8 Å². The molecule has 112 valence electrons. The lowest BCUT2D eigenvalue weighted by Gasteiger charge is -2.14. The third-order valence-electron chi connectivity index (χ3n) is 3.29. The number of thioether (sulfide) groups is 1. The second-order valence-electron chi connectivity index (χ2n) is 5.07. The van der Waals surface area contributed by atoms with E-state index in [1.807, 2.05) is 20.8 Å². The Labute approximate surface area is 130 Å². The van der Waals surface area contributed by atoms with Gasteiger partial charge in [-0.15, -0.1) is 0 Å². The van der Waals surface area contributed by atoms with Gasteiger partial charge in [0.15, 0.2) is 0 Å². The van der Waals surface area contributed by atoms with Gasteiger partial charge in [0, 0.05) is 5.39 Å². The highest BCUT2D eigenvalue weighted by molar-refractivity contribution is 8.00. The molecule has 1 aromatic heterocycles. The number of fused-ring (bicyclic) bond motifs is 1.